The molecule has 2 saturated heterocycles. The predicted octanol–water partition coefficient (Wildman–Crippen LogP) is 3.10. The molecule has 6 atom stereocenters. The maximum atomic E-state index is 14.6. The number of fused-ring (bicyclic) bond motifs is 1. The van der Waals surface area contributed by atoms with Crippen molar-refractivity contribution in [3.05, 3.63) is 12.7 Å². The SMILES string of the molecule is C=CCNC(=O)C(=O)C(CC1CCC1)NC(=O)[C@@H]1[C@@H]2[C@H](CN1C(=O)[C@@H](NC(=O)N[C@H](CN1CCCCS1(=O)=O)C1CCCCC1)C(C)(C)C)C2(C)C. The van der Waals surface area contributed by atoms with Crippen LogP contribution < -0.4 is 21.3 Å². The van der Waals surface area contributed by atoms with Crippen LogP contribution in [0.3, 0.4) is 0 Å². The molecule has 0 aromatic heterocycles. The third-order valence-corrected chi connectivity index (χ3v) is 14.5. The first-order valence-electron chi connectivity index (χ1n) is 19.5. The van der Waals surface area contributed by atoms with E-state index in [1.807, 2.05) is 20.8 Å². The number of likely N-dealkylation sites (tertiary alicyclic amines) is 1. The van der Waals surface area contributed by atoms with Crippen LogP contribution in [-0.2, 0) is 29.2 Å². The summed E-state index contributed by atoms with van der Waals surface area (Å²) >= 11 is 0. The van der Waals surface area contributed by atoms with Crippen molar-refractivity contribution in [2.45, 2.75) is 129 Å². The fourth-order valence-corrected chi connectivity index (χ4v) is 10.7. The average molecular weight is 747 g/mol. The predicted molar refractivity (Wildman–Crippen MR) is 198 cm³/mol. The molecule has 13 nitrogen and oxygen atoms in total. The van der Waals surface area contributed by atoms with Crippen molar-refractivity contribution < 1.29 is 32.4 Å². The lowest BCUT2D eigenvalue weighted by molar-refractivity contribution is -0.145. The summed E-state index contributed by atoms with van der Waals surface area (Å²) in [6, 6.07) is -3.82. The first-order chi connectivity index (χ1) is 24.5. The zero-order valence-corrected chi connectivity index (χ0v) is 32.7. The van der Waals surface area contributed by atoms with Gasteiger partial charge in [-0.15, -0.1) is 6.58 Å². The number of Topliss-reactive ketones (excluding diaryl/α,β-unsaturated/α-hetero) is 1. The van der Waals surface area contributed by atoms with Crippen molar-refractivity contribution in [1.82, 2.24) is 30.5 Å². The summed E-state index contributed by atoms with van der Waals surface area (Å²) in [7, 11) is -3.40. The zero-order chi connectivity index (χ0) is 38.0. The monoisotopic (exact) mass is 746 g/mol. The lowest BCUT2D eigenvalue weighted by atomic mass is 9.80. The smallest absolute Gasteiger partial charge is 0.315 e. The molecule has 5 aliphatic rings. The highest BCUT2D eigenvalue weighted by Gasteiger charge is 2.70. The first-order valence-corrected chi connectivity index (χ1v) is 21.1. The van der Waals surface area contributed by atoms with Gasteiger partial charge in [0.25, 0.3) is 5.91 Å². The summed E-state index contributed by atoms with van der Waals surface area (Å²) in [6.45, 7) is 14.4. The highest BCUT2D eigenvalue weighted by molar-refractivity contribution is 7.89. The summed E-state index contributed by atoms with van der Waals surface area (Å²) in [5.74, 6) is -1.94. The van der Waals surface area contributed by atoms with Crippen LogP contribution in [0.15, 0.2) is 12.7 Å². The van der Waals surface area contributed by atoms with Crippen molar-refractivity contribution >= 4 is 39.6 Å². The van der Waals surface area contributed by atoms with Crippen molar-refractivity contribution in [3.63, 3.8) is 0 Å². The van der Waals surface area contributed by atoms with Gasteiger partial charge in [-0.2, -0.15) is 4.31 Å². The summed E-state index contributed by atoms with van der Waals surface area (Å²) in [5.41, 5.74) is -0.933. The van der Waals surface area contributed by atoms with Crippen LogP contribution in [0.25, 0.3) is 0 Å². The number of sulfonamides is 1. The number of nitrogens with one attached hydrogen (secondary N) is 4. The number of carbonyl (C=O) groups is 5. The van der Waals surface area contributed by atoms with Crippen molar-refractivity contribution in [2.75, 3.05) is 31.9 Å². The largest absolute Gasteiger partial charge is 0.346 e. The quantitative estimate of drug-likeness (QED) is 0.156. The van der Waals surface area contributed by atoms with Crippen molar-refractivity contribution in [2.24, 2.45) is 34.5 Å². The second-order valence-electron chi connectivity index (χ2n) is 17.6. The van der Waals surface area contributed by atoms with Gasteiger partial charge < -0.3 is 26.2 Å². The summed E-state index contributed by atoms with van der Waals surface area (Å²) in [5, 5.41) is 11.5. The highest BCUT2D eigenvalue weighted by atomic mass is 32.2. The van der Waals surface area contributed by atoms with Crippen molar-refractivity contribution in [1.29, 1.82) is 0 Å². The molecule has 5 fully saturated rings. The minimum atomic E-state index is -3.40. The van der Waals surface area contributed by atoms with Crippen LogP contribution >= 0.6 is 0 Å². The van der Waals surface area contributed by atoms with Gasteiger partial charge in [-0.05, 0) is 66.6 Å². The Morgan fingerprint density at radius 3 is 2.21 bits per heavy atom. The molecule has 0 bridgehead atoms. The highest BCUT2D eigenvalue weighted by Crippen LogP contribution is 2.65. The fraction of sp³-hybridized carbons (Fsp3) is 0.816. The van der Waals surface area contributed by atoms with Gasteiger partial charge in [-0.3, -0.25) is 19.2 Å². The molecule has 14 heteroatoms. The molecular formula is C38H62N6O7S. The van der Waals surface area contributed by atoms with Crippen LogP contribution in [-0.4, -0.2) is 103 Å². The van der Waals surface area contributed by atoms with E-state index in [0.717, 1.165) is 57.8 Å². The molecule has 5 rings (SSSR count). The van der Waals surface area contributed by atoms with Crippen molar-refractivity contribution in [3.8, 4) is 0 Å². The van der Waals surface area contributed by atoms with Gasteiger partial charge in [0.15, 0.2) is 0 Å². The Kier molecular flexibility index (Phi) is 12.5. The Balaban J connectivity index is 1.33. The Morgan fingerprint density at radius 1 is 0.923 bits per heavy atom. The van der Waals surface area contributed by atoms with E-state index < -0.39 is 63.2 Å². The maximum absolute atomic E-state index is 14.6. The lowest BCUT2D eigenvalue weighted by Gasteiger charge is -2.39. The number of piperidine rings is 1. The molecule has 0 radical (unpaired) electrons. The molecule has 0 spiro atoms. The standard InChI is InChI=1S/C38H62N6O7S/c1-7-18-39-34(47)31(45)27(21-24-14-13-15-24)40-33(46)30-29-26(38(29,5)6)22-44(30)35(48)32(37(2,3)4)42-36(49)41-28(25-16-9-8-10-17-25)23-43-19-11-12-20-52(43,50)51/h7,24-30,32H,1,8-23H2,2-6H3,(H,39,47)(H,40,46)(H2,41,42,49)/t26-,27?,28+,29-,30-,32+/m0/s1. The number of amides is 5. The summed E-state index contributed by atoms with van der Waals surface area (Å²) in [4.78, 5) is 70.2. The molecule has 3 saturated carbocycles. The van der Waals surface area contributed by atoms with E-state index in [1.54, 1.807) is 4.90 Å². The number of rotatable bonds is 14. The lowest BCUT2D eigenvalue weighted by Crippen LogP contribution is -2.62. The molecule has 5 amide bonds. The first kappa shape index (κ1) is 40.2. The number of carbonyl (C=O) groups excluding carboxylic acids is 5. The van der Waals surface area contributed by atoms with E-state index >= 15 is 0 Å². The average Bonchev–Trinajstić information content (AvgIpc) is 3.37. The Hall–Kier alpha value is -3.00. The Morgan fingerprint density at radius 2 is 1.62 bits per heavy atom. The number of hydrogen-bond donors (Lipinski definition) is 4. The van der Waals surface area contributed by atoms with Gasteiger partial charge in [-0.1, -0.05) is 79.2 Å². The summed E-state index contributed by atoms with van der Waals surface area (Å²) in [6.07, 6.45) is 11.1. The number of nitrogens with zero attached hydrogens (tertiary/aromatic N) is 2. The number of ketones is 1. The second-order valence-corrected chi connectivity index (χ2v) is 19.7. The van der Waals surface area contributed by atoms with Crippen LogP contribution in [0.4, 0.5) is 4.79 Å². The van der Waals surface area contributed by atoms with E-state index in [-0.39, 0.29) is 53.8 Å². The number of hydrogen-bond acceptors (Lipinski definition) is 7. The topological polar surface area (TPSA) is 174 Å². The molecular weight excluding hydrogens is 685 g/mol. The zero-order valence-electron chi connectivity index (χ0n) is 31.9. The molecule has 0 aromatic carbocycles. The minimum absolute atomic E-state index is 0.0699. The molecule has 1 unspecified atom stereocenters. The van der Waals surface area contributed by atoms with Crippen LogP contribution in [0.5, 0.6) is 0 Å². The van der Waals surface area contributed by atoms with E-state index in [0.29, 0.717) is 25.9 Å². The van der Waals surface area contributed by atoms with Gasteiger partial charge in [0, 0.05) is 32.2 Å². The summed E-state index contributed by atoms with van der Waals surface area (Å²) < 4.78 is 27.3. The van der Waals surface area contributed by atoms with Crippen LogP contribution in [0.1, 0.15) is 105 Å². The third-order valence-electron chi connectivity index (χ3n) is 12.6. The Bertz CT molecular complexity index is 1480. The molecule has 2 aliphatic heterocycles. The fourth-order valence-electron chi connectivity index (χ4n) is 9.04. The van der Waals surface area contributed by atoms with Gasteiger partial charge in [0.05, 0.1) is 11.8 Å². The molecule has 3 aliphatic carbocycles. The van der Waals surface area contributed by atoms with E-state index in [4.69, 9.17) is 0 Å². The molecule has 52 heavy (non-hydrogen) atoms. The normalized spacial score (nSPS) is 27.6. The van der Waals surface area contributed by atoms with E-state index in [2.05, 4.69) is 41.7 Å². The van der Waals surface area contributed by atoms with E-state index in [1.165, 1.54) is 10.4 Å². The van der Waals surface area contributed by atoms with E-state index in [9.17, 15) is 32.4 Å². The molecule has 4 N–H and O–H groups in total. The van der Waals surface area contributed by atoms with Gasteiger partial charge in [0.2, 0.25) is 27.6 Å². The van der Waals surface area contributed by atoms with Gasteiger partial charge >= 0.3 is 6.03 Å². The molecule has 2 heterocycles. The van der Waals surface area contributed by atoms with Crippen LogP contribution in [0, 0.1) is 34.5 Å². The molecule has 292 valence electrons. The minimum Gasteiger partial charge on any atom is -0.346 e. The van der Waals surface area contributed by atoms with Crippen LogP contribution in [0.2, 0.25) is 0 Å². The number of urea groups is 1. The molecule has 0 aromatic rings. The van der Waals surface area contributed by atoms with Gasteiger partial charge in [-0.25, -0.2) is 13.2 Å². The maximum Gasteiger partial charge on any atom is 0.315 e. The Labute approximate surface area is 310 Å². The third kappa shape index (κ3) is 9.02. The van der Waals surface area contributed by atoms with Gasteiger partial charge in [0.1, 0.15) is 12.1 Å². The second kappa shape index (κ2) is 16.2.